The number of sulfonamides is 1. The van der Waals surface area contributed by atoms with Gasteiger partial charge in [-0.2, -0.15) is 0 Å². The number of nitrogens with zero attached hydrogens (tertiary/aromatic N) is 1. The van der Waals surface area contributed by atoms with Gasteiger partial charge < -0.3 is 10.2 Å². The lowest BCUT2D eigenvalue weighted by atomic mass is 9.97. The van der Waals surface area contributed by atoms with Crippen LogP contribution in [0.4, 0.5) is 0 Å². The maximum absolute atomic E-state index is 11.1. The van der Waals surface area contributed by atoms with Gasteiger partial charge in [-0.05, 0) is 52.5 Å². The maximum atomic E-state index is 11.1. The van der Waals surface area contributed by atoms with Crippen LogP contribution in [0.25, 0.3) is 0 Å². The van der Waals surface area contributed by atoms with E-state index in [4.69, 9.17) is 0 Å². The van der Waals surface area contributed by atoms with Gasteiger partial charge in [0.05, 0.1) is 5.75 Å². The highest BCUT2D eigenvalue weighted by Crippen LogP contribution is 2.14. The summed E-state index contributed by atoms with van der Waals surface area (Å²) in [6.07, 6.45) is 2.42. The second kappa shape index (κ2) is 6.54. The zero-order chi connectivity index (χ0) is 12.0. The SMILES string of the molecule is CNS(=O)(=O)CCNCC1CCN(C)CC1. The molecule has 96 valence electrons. The fourth-order valence-electron chi connectivity index (χ4n) is 1.88. The lowest BCUT2D eigenvalue weighted by Gasteiger charge is -2.29. The van der Waals surface area contributed by atoms with E-state index in [1.54, 1.807) is 0 Å². The maximum Gasteiger partial charge on any atom is 0.212 e. The molecule has 0 aliphatic carbocycles. The zero-order valence-electron chi connectivity index (χ0n) is 10.2. The standard InChI is InChI=1S/C10H23N3O2S/c1-11-16(14,15)8-5-12-9-10-3-6-13(2)7-4-10/h10-12H,3-9H2,1-2H3. The fraction of sp³-hybridized carbons (Fsp3) is 1.00. The van der Waals surface area contributed by atoms with Crippen molar-refractivity contribution in [1.82, 2.24) is 14.9 Å². The Labute approximate surface area is 98.6 Å². The number of hydrogen-bond acceptors (Lipinski definition) is 4. The van der Waals surface area contributed by atoms with Gasteiger partial charge in [-0.15, -0.1) is 0 Å². The summed E-state index contributed by atoms with van der Waals surface area (Å²) in [5.41, 5.74) is 0. The van der Waals surface area contributed by atoms with E-state index in [-0.39, 0.29) is 5.75 Å². The molecule has 6 heteroatoms. The van der Waals surface area contributed by atoms with Gasteiger partial charge in [0.25, 0.3) is 0 Å². The summed E-state index contributed by atoms with van der Waals surface area (Å²) in [7, 11) is 0.541. The second-order valence-electron chi connectivity index (χ2n) is 4.47. The van der Waals surface area contributed by atoms with Crippen LogP contribution in [0.5, 0.6) is 0 Å². The van der Waals surface area contributed by atoms with Crippen LogP contribution in [0.3, 0.4) is 0 Å². The first-order valence-corrected chi connectivity index (χ1v) is 7.49. The minimum atomic E-state index is -3.05. The van der Waals surface area contributed by atoms with Gasteiger partial charge in [0.2, 0.25) is 10.0 Å². The van der Waals surface area contributed by atoms with E-state index in [2.05, 4.69) is 22.0 Å². The lowest BCUT2D eigenvalue weighted by Crippen LogP contribution is -2.37. The molecule has 1 aliphatic rings. The Hall–Kier alpha value is -0.170. The number of hydrogen-bond donors (Lipinski definition) is 2. The molecular weight excluding hydrogens is 226 g/mol. The van der Waals surface area contributed by atoms with E-state index >= 15 is 0 Å². The monoisotopic (exact) mass is 249 g/mol. The summed E-state index contributed by atoms with van der Waals surface area (Å²) in [6, 6.07) is 0. The molecule has 0 amide bonds. The van der Waals surface area contributed by atoms with Gasteiger partial charge in [0.15, 0.2) is 0 Å². The first-order valence-electron chi connectivity index (χ1n) is 5.84. The predicted molar refractivity (Wildman–Crippen MR) is 65.9 cm³/mol. The molecule has 0 radical (unpaired) electrons. The molecule has 0 spiro atoms. The van der Waals surface area contributed by atoms with Crippen molar-refractivity contribution in [3.8, 4) is 0 Å². The minimum Gasteiger partial charge on any atom is -0.315 e. The first kappa shape index (κ1) is 13.9. The van der Waals surface area contributed by atoms with Crippen molar-refractivity contribution in [2.24, 2.45) is 5.92 Å². The van der Waals surface area contributed by atoms with E-state index in [1.165, 1.54) is 19.9 Å². The van der Waals surface area contributed by atoms with Gasteiger partial charge in [-0.1, -0.05) is 0 Å². The second-order valence-corrected chi connectivity index (χ2v) is 6.52. The van der Waals surface area contributed by atoms with Crippen LogP contribution in [0.15, 0.2) is 0 Å². The Morgan fingerprint density at radius 2 is 1.94 bits per heavy atom. The van der Waals surface area contributed by atoms with Crippen molar-refractivity contribution >= 4 is 10.0 Å². The number of nitrogens with one attached hydrogen (secondary N) is 2. The van der Waals surface area contributed by atoms with Gasteiger partial charge >= 0.3 is 0 Å². The van der Waals surface area contributed by atoms with E-state index in [1.807, 2.05) is 0 Å². The molecule has 0 saturated carbocycles. The molecule has 1 heterocycles. The molecule has 0 aromatic rings. The molecule has 1 fully saturated rings. The number of piperidine rings is 1. The molecule has 1 aliphatic heterocycles. The van der Waals surface area contributed by atoms with Crippen LogP contribution >= 0.6 is 0 Å². The average molecular weight is 249 g/mol. The van der Waals surface area contributed by atoms with E-state index < -0.39 is 10.0 Å². The predicted octanol–water partition coefficient (Wildman–Crippen LogP) is -0.533. The van der Waals surface area contributed by atoms with E-state index in [0.717, 1.165) is 19.6 Å². The highest BCUT2D eigenvalue weighted by molar-refractivity contribution is 7.89. The van der Waals surface area contributed by atoms with Gasteiger partial charge in [-0.3, -0.25) is 0 Å². The van der Waals surface area contributed by atoms with Gasteiger partial charge in [-0.25, -0.2) is 13.1 Å². The molecule has 0 bridgehead atoms. The van der Waals surface area contributed by atoms with Crippen molar-refractivity contribution in [1.29, 1.82) is 0 Å². The van der Waals surface area contributed by atoms with Crippen LogP contribution in [0, 0.1) is 5.92 Å². The smallest absolute Gasteiger partial charge is 0.212 e. The molecule has 5 nitrogen and oxygen atoms in total. The summed E-state index contributed by atoms with van der Waals surface area (Å²) in [5.74, 6) is 0.865. The third-order valence-corrected chi connectivity index (χ3v) is 4.49. The Morgan fingerprint density at radius 1 is 1.31 bits per heavy atom. The van der Waals surface area contributed by atoms with Crippen molar-refractivity contribution in [2.45, 2.75) is 12.8 Å². The van der Waals surface area contributed by atoms with Crippen molar-refractivity contribution in [3.05, 3.63) is 0 Å². The van der Waals surface area contributed by atoms with Crippen molar-refractivity contribution in [3.63, 3.8) is 0 Å². The van der Waals surface area contributed by atoms with Crippen LogP contribution in [-0.4, -0.2) is 59.3 Å². The molecule has 1 saturated heterocycles. The van der Waals surface area contributed by atoms with Crippen LogP contribution in [-0.2, 0) is 10.0 Å². The zero-order valence-corrected chi connectivity index (χ0v) is 11.0. The summed E-state index contributed by atoms with van der Waals surface area (Å²) in [6.45, 7) is 3.78. The van der Waals surface area contributed by atoms with Gasteiger partial charge in [0, 0.05) is 6.54 Å². The van der Waals surface area contributed by atoms with Crippen molar-refractivity contribution in [2.75, 3.05) is 46.0 Å². The fourth-order valence-corrected chi connectivity index (χ4v) is 2.50. The summed E-state index contributed by atoms with van der Waals surface area (Å²) in [4.78, 5) is 2.34. The summed E-state index contributed by atoms with van der Waals surface area (Å²) < 4.78 is 24.6. The molecule has 16 heavy (non-hydrogen) atoms. The third kappa shape index (κ3) is 5.25. The lowest BCUT2D eigenvalue weighted by molar-refractivity contribution is 0.217. The molecule has 0 aromatic carbocycles. The largest absolute Gasteiger partial charge is 0.315 e. The minimum absolute atomic E-state index is 0.163. The van der Waals surface area contributed by atoms with Gasteiger partial charge in [0.1, 0.15) is 0 Å². The Kier molecular flexibility index (Phi) is 5.68. The normalized spacial score (nSPS) is 20.1. The highest BCUT2D eigenvalue weighted by Gasteiger charge is 2.16. The molecule has 0 unspecified atom stereocenters. The third-order valence-electron chi connectivity index (χ3n) is 3.13. The summed E-state index contributed by atoms with van der Waals surface area (Å²) in [5, 5.41) is 3.22. The van der Waals surface area contributed by atoms with Crippen LogP contribution in [0.1, 0.15) is 12.8 Å². The van der Waals surface area contributed by atoms with E-state index in [9.17, 15) is 8.42 Å². The molecule has 0 aromatic heterocycles. The Bertz CT molecular complexity index is 284. The molecular formula is C10H23N3O2S. The molecule has 0 atom stereocenters. The molecule has 2 N–H and O–H groups in total. The number of rotatable bonds is 6. The first-order chi connectivity index (χ1) is 7.53. The van der Waals surface area contributed by atoms with Crippen LogP contribution < -0.4 is 10.0 Å². The number of likely N-dealkylation sites (tertiary alicyclic amines) is 1. The topological polar surface area (TPSA) is 61.4 Å². The average Bonchev–Trinajstić information content (AvgIpc) is 2.27. The highest BCUT2D eigenvalue weighted by atomic mass is 32.2. The summed E-state index contributed by atoms with van der Waals surface area (Å²) >= 11 is 0. The van der Waals surface area contributed by atoms with Crippen molar-refractivity contribution < 1.29 is 8.42 Å². The van der Waals surface area contributed by atoms with E-state index in [0.29, 0.717) is 12.5 Å². The Balaban J connectivity index is 2.08. The van der Waals surface area contributed by atoms with Crippen LogP contribution in [0.2, 0.25) is 0 Å². The Morgan fingerprint density at radius 3 is 2.50 bits per heavy atom. The molecule has 1 rings (SSSR count). The quantitative estimate of drug-likeness (QED) is 0.621.